The quantitative estimate of drug-likeness (QED) is 0.206. The van der Waals surface area contributed by atoms with Gasteiger partial charge in [-0.3, -0.25) is 4.98 Å². The summed E-state index contributed by atoms with van der Waals surface area (Å²) < 4.78 is 0. The summed E-state index contributed by atoms with van der Waals surface area (Å²) in [7, 11) is 0. The molecule has 0 fully saturated rings. The number of dihydropyridines is 1. The standard InChI is InChI=1S/C44H36N2/c1-44(2,3)36-21-18-30(19-22-36)42-37-10-4-6-12-39(37)43(40-13-7-5-11-38(40)42)32-17-15-29-14-16-31(25-35(29)26-32)33-20-23-41(46-28-33)34-9-8-24-45-27-34/h4-23,25-28,45H,24H2,1-3H3. The Morgan fingerprint density at radius 2 is 1.13 bits per heavy atom. The molecule has 0 saturated carbocycles. The van der Waals surface area contributed by atoms with E-state index < -0.39 is 0 Å². The minimum atomic E-state index is 0.116. The number of benzene rings is 6. The third-order valence-electron chi connectivity index (χ3n) is 9.28. The lowest BCUT2D eigenvalue weighted by Crippen LogP contribution is -2.10. The Bertz CT molecular complexity index is 2260. The number of hydrogen-bond donors (Lipinski definition) is 1. The second-order valence-corrected chi connectivity index (χ2v) is 13.3. The van der Waals surface area contributed by atoms with E-state index in [2.05, 4.69) is 160 Å². The largest absolute Gasteiger partial charge is 0.387 e. The Kier molecular flexibility index (Phi) is 6.80. The highest BCUT2D eigenvalue weighted by molar-refractivity contribution is 6.21. The Hall–Kier alpha value is -5.47. The molecule has 6 aromatic carbocycles. The molecule has 222 valence electrons. The molecular formula is C44H36N2. The molecule has 1 aromatic heterocycles. The van der Waals surface area contributed by atoms with Gasteiger partial charge in [-0.25, -0.2) is 0 Å². The van der Waals surface area contributed by atoms with Gasteiger partial charge in [-0.05, 0) is 89.3 Å². The first kappa shape index (κ1) is 28.0. The van der Waals surface area contributed by atoms with E-state index in [0.717, 1.165) is 23.4 Å². The molecule has 0 bridgehead atoms. The molecule has 0 aliphatic carbocycles. The third kappa shape index (κ3) is 4.97. The highest BCUT2D eigenvalue weighted by atomic mass is 14.8. The first-order valence-electron chi connectivity index (χ1n) is 16.1. The van der Waals surface area contributed by atoms with Crippen molar-refractivity contribution < 1.29 is 0 Å². The van der Waals surface area contributed by atoms with Gasteiger partial charge in [0.05, 0.1) is 5.69 Å². The van der Waals surface area contributed by atoms with E-state index >= 15 is 0 Å². The van der Waals surface area contributed by atoms with E-state index in [1.165, 1.54) is 65.7 Å². The highest BCUT2D eigenvalue weighted by Gasteiger charge is 2.18. The number of pyridine rings is 1. The van der Waals surface area contributed by atoms with Crippen LogP contribution >= 0.6 is 0 Å². The van der Waals surface area contributed by atoms with E-state index in [1.807, 2.05) is 12.4 Å². The maximum Gasteiger partial charge on any atom is 0.0716 e. The van der Waals surface area contributed by atoms with Crippen LogP contribution in [-0.4, -0.2) is 11.5 Å². The minimum Gasteiger partial charge on any atom is -0.387 e. The molecule has 46 heavy (non-hydrogen) atoms. The normalized spacial score (nSPS) is 13.2. The third-order valence-corrected chi connectivity index (χ3v) is 9.28. The smallest absolute Gasteiger partial charge is 0.0716 e. The molecule has 1 N–H and O–H groups in total. The predicted molar refractivity (Wildman–Crippen MR) is 197 cm³/mol. The molecule has 1 aliphatic rings. The van der Waals surface area contributed by atoms with Crippen molar-refractivity contribution in [2.75, 3.05) is 6.54 Å². The molecule has 0 amide bonds. The Morgan fingerprint density at radius 3 is 1.70 bits per heavy atom. The van der Waals surface area contributed by atoms with Crippen molar-refractivity contribution in [3.05, 3.63) is 157 Å². The summed E-state index contributed by atoms with van der Waals surface area (Å²) in [5.41, 5.74) is 10.9. The van der Waals surface area contributed by atoms with Gasteiger partial charge < -0.3 is 5.32 Å². The van der Waals surface area contributed by atoms with Crippen molar-refractivity contribution in [1.29, 1.82) is 0 Å². The van der Waals surface area contributed by atoms with Crippen molar-refractivity contribution >= 4 is 37.9 Å². The lowest BCUT2D eigenvalue weighted by atomic mass is 9.83. The van der Waals surface area contributed by atoms with Crippen molar-refractivity contribution in [1.82, 2.24) is 10.3 Å². The number of nitrogens with one attached hydrogen (secondary N) is 1. The molecule has 7 aromatic rings. The molecule has 0 saturated heterocycles. The predicted octanol–water partition coefficient (Wildman–Crippen LogP) is 11.3. The fourth-order valence-corrected chi connectivity index (χ4v) is 6.83. The van der Waals surface area contributed by atoms with E-state index in [9.17, 15) is 0 Å². The Balaban J connectivity index is 1.27. The van der Waals surface area contributed by atoms with Crippen LogP contribution in [0.1, 0.15) is 32.0 Å². The van der Waals surface area contributed by atoms with Gasteiger partial charge in [0.15, 0.2) is 0 Å². The fraction of sp³-hybridized carbons (Fsp3) is 0.114. The van der Waals surface area contributed by atoms with Crippen LogP contribution in [0.3, 0.4) is 0 Å². The van der Waals surface area contributed by atoms with Crippen molar-refractivity contribution in [3.8, 4) is 33.4 Å². The number of aromatic nitrogens is 1. The van der Waals surface area contributed by atoms with Gasteiger partial charge in [-0.2, -0.15) is 0 Å². The summed E-state index contributed by atoms with van der Waals surface area (Å²) in [6, 6.07) is 44.9. The zero-order valence-electron chi connectivity index (χ0n) is 26.5. The molecule has 0 radical (unpaired) electrons. The van der Waals surface area contributed by atoms with Crippen LogP contribution < -0.4 is 5.32 Å². The summed E-state index contributed by atoms with van der Waals surface area (Å²) in [4.78, 5) is 4.78. The lowest BCUT2D eigenvalue weighted by Gasteiger charge is -2.21. The number of fused-ring (bicyclic) bond motifs is 3. The first-order chi connectivity index (χ1) is 22.4. The number of hydrogen-bond acceptors (Lipinski definition) is 2. The average molecular weight is 593 g/mol. The van der Waals surface area contributed by atoms with E-state index in [4.69, 9.17) is 4.98 Å². The Morgan fingerprint density at radius 1 is 0.565 bits per heavy atom. The summed E-state index contributed by atoms with van der Waals surface area (Å²) in [5, 5.41) is 10.8. The fourth-order valence-electron chi connectivity index (χ4n) is 6.83. The van der Waals surface area contributed by atoms with Gasteiger partial charge in [0.1, 0.15) is 0 Å². The SMILES string of the molecule is CC(C)(C)c1ccc(-c2c3ccccc3c(-c3ccc4ccc(-c5ccc(C6=CNCC=C6)nc5)cc4c3)c3ccccc23)cc1. The Labute approximate surface area is 270 Å². The van der Waals surface area contributed by atoms with Gasteiger partial charge in [0.2, 0.25) is 0 Å². The van der Waals surface area contributed by atoms with Gasteiger partial charge in [-0.1, -0.05) is 136 Å². The van der Waals surface area contributed by atoms with Crippen molar-refractivity contribution in [2.45, 2.75) is 26.2 Å². The maximum absolute atomic E-state index is 4.78. The van der Waals surface area contributed by atoms with Crippen LogP contribution in [0.5, 0.6) is 0 Å². The highest BCUT2D eigenvalue weighted by Crippen LogP contribution is 2.44. The second kappa shape index (κ2) is 11.2. The van der Waals surface area contributed by atoms with Crippen molar-refractivity contribution in [3.63, 3.8) is 0 Å². The number of allylic oxidation sites excluding steroid dienone is 2. The van der Waals surface area contributed by atoms with Crippen LogP contribution in [0.15, 0.2) is 146 Å². The van der Waals surface area contributed by atoms with Gasteiger partial charge >= 0.3 is 0 Å². The summed E-state index contributed by atoms with van der Waals surface area (Å²) in [6.07, 6.45) is 8.26. The van der Waals surface area contributed by atoms with Crippen LogP contribution in [-0.2, 0) is 5.41 Å². The zero-order chi connectivity index (χ0) is 31.3. The van der Waals surface area contributed by atoms with Crippen molar-refractivity contribution in [2.24, 2.45) is 0 Å². The topological polar surface area (TPSA) is 24.9 Å². The molecule has 8 rings (SSSR count). The van der Waals surface area contributed by atoms with E-state index in [1.54, 1.807) is 0 Å². The van der Waals surface area contributed by atoms with Crippen LogP contribution in [0.2, 0.25) is 0 Å². The molecule has 0 spiro atoms. The number of rotatable bonds is 4. The average Bonchev–Trinajstić information content (AvgIpc) is 3.10. The summed E-state index contributed by atoms with van der Waals surface area (Å²) >= 11 is 0. The van der Waals surface area contributed by atoms with Crippen LogP contribution in [0, 0.1) is 0 Å². The second-order valence-electron chi connectivity index (χ2n) is 13.3. The molecule has 0 unspecified atom stereocenters. The molecule has 0 atom stereocenters. The van der Waals surface area contributed by atoms with Gasteiger partial charge in [0.25, 0.3) is 0 Å². The monoisotopic (exact) mass is 592 g/mol. The molecule has 2 heteroatoms. The number of nitrogens with zero attached hydrogens (tertiary/aromatic N) is 1. The minimum absolute atomic E-state index is 0.116. The maximum atomic E-state index is 4.78. The van der Waals surface area contributed by atoms with E-state index in [-0.39, 0.29) is 5.41 Å². The van der Waals surface area contributed by atoms with E-state index in [0.29, 0.717) is 0 Å². The molecule has 2 heterocycles. The van der Waals surface area contributed by atoms with Crippen LogP contribution in [0.4, 0.5) is 0 Å². The zero-order valence-corrected chi connectivity index (χ0v) is 26.5. The summed E-state index contributed by atoms with van der Waals surface area (Å²) in [5.74, 6) is 0. The molecular weight excluding hydrogens is 556 g/mol. The van der Waals surface area contributed by atoms with Gasteiger partial charge in [-0.15, -0.1) is 0 Å². The van der Waals surface area contributed by atoms with Crippen LogP contribution in [0.25, 0.3) is 71.3 Å². The molecule has 1 aliphatic heterocycles. The lowest BCUT2D eigenvalue weighted by molar-refractivity contribution is 0.590. The summed E-state index contributed by atoms with van der Waals surface area (Å²) in [6.45, 7) is 7.67. The molecule has 2 nitrogen and oxygen atoms in total. The first-order valence-corrected chi connectivity index (χ1v) is 16.1. The van der Waals surface area contributed by atoms with Gasteiger partial charge in [0, 0.05) is 30.1 Å².